The van der Waals surface area contributed by atoms with Crippen molar-refractivity contribution in [3.8, 4) is 0 Å². The standard InChI is InChI=1S/C17H20O/c1-13-6-4-8-15(10-13)12-17(3,18)16-9-5-7-14(2)11-16/h4-11,18H,12H2,1-3H3. The first-order valence-corrected chi connectivity index (χ1v) is 6.32. The first kappa shape index (κ1) is 12.8. The Balaban J connectivity index is 2.26. The van der Waals surface area contributed by atoms with Crippen LogP contribution < -0.4 is 0 Å². The molecule has 94 valence electrons. The molecule has 1 unspecified atom stereocenters. The van der Waals surface area contributed by atoms with Gasteiger partial charge in [-0.15, -0.1) is 0 Å². The van der Waals surface area contributed by atoms with Gasteiger partial charge in [-0.1, -0.05) is 59.7 Å². The molecule has 0 aromatic heterocycles. The summed E-state index contributed by atoms with van der Waals surface area (Å²) in [5, 5.41) is 10.7. The summed E-state index contributed by atoms with van der Waals surface area (Å²) in [5.74, 6) is 0. The van der Waals surface area contributed by atoms with E-state index in [0.717, 1.165) is 5.56 Å². The fourth-order valence-electron chi connectivity index (χ4n) is 2.30. The Bertz CT molecular complexity index is 541. The number of hydrogen-bond acceptors (Lipinski definition) is 1. The molecule has 0 fully saturated rings. The average molecular weight is 240 g/mol. The van der Waals surface area contributed by atoms with Gasteiger partial charge in [0.25, 0.3) is 0 Å². The van der Waals surface area contributed by atoms with Crippen molar-refractivity contribution in [2.24, 2.45) is 0 Å². The minimum absolute atomic E-state index is 0.637. The highest BCUT2D eigenvalue weighted by Gasteiger charge is 2.23. The van der Waals surface area contributed by atoms with E-state index in [1.807, 2.05) is 38.1 Å². The lowest BCUT2D eigenvalue weighted by atomic mass is 9.88. The molecule has 0 saturated heterocycles. The first-order valence-electron chi connectivity index (χ1n) is 6.32. The van der Waals surface area contributed by atoms with E-state index < -0.39 is 5.60 Å². The molecule has 0 aliphatic rings. The molecule has 0 aliphatic carbocycles. The first-order chi connectivity index (χ1) is 8.47. The van der Waals surface area contributed by atoms with Gasteiger partial charge in [0, 0.05) is 6.42 Å². The van der Waals surface area contributed by atoms with Crippen molar-refractivity contribution in [2.45, 2.75) is 32.8 Å². The van der Waals surface area contributed by atoms with Gasteiger partial charge in [0.15, 0.2) is 0 Å². The Morgan fingerprint density at radius 2 is 1.56 bits per heavy atom. The van der Waals surface area contributed by atoms with E-state index in [2.05, 4.69) is 31.2 Å². The minimum Gasteiger partial charge on any atom is -0.385 e. The summed E-state index contributed by atoms with van der Waals surface area (Å²) in [6.07, 6.45) is 0.637. The van der Waals surface area contributed by atoms with E-state index >= 15 is 0 Å². The number of hydrogen-bond donors (Lipinski definition) is 1. The minimum atomic E-state index is -0.820. The van der Waals surface area contributed by atoms with Gasteiger partial charge in [0.1, 0.15) is 0 Å². The summed E-state index contributed by atoms with van der Waals surface area (Å²) in [7, 11) is 0. The number of aryl methyl sites for hydroxylation is 2. The molecule has 2 aromatic rings. The quantitative estimate of drug-likeness (QED) is 0.866. The topological polar surface area (TPSA) is 20.2 Å². The second-order valence-electron chi connectivity index (χ2n) is 5.31. The molecule has 0 heterocycles. The second kappa shape index (κ2) is 4.95. The molecule has 0 radical (unpaired) electrons. The van der Waals surface area contributed by atoms with Crippen LogP contribution in [0.2, 0.25) is 0 Å². The van der Waals surface area contributed by atoms with Gasteiger partial charge in [-0.3, -0.25) is 0 Å². The lowest BCUT2D eigenvalue weighted by molar-refractivity contribution is 0.0575. The molecule has 0 spiro atoms. The maximum atomic E-state index is 10.7. The summed E-state index contributed by atoms with van der Waals surface area (Å²) in [4.78, 5) is 0. The van der Waals surface area contributed by atoms with Gasteiger partial charge in [0.05, 0.1) is 5.60 Å². The van der Waals surface area contributed by atoms with Crippen molar-refractivity contribution in [3.63, 3.8) is 0 Å². The molecule has 2 rings (SSSR count). The Labute approximate surface area is 109 Å². The van der Waals surface area contributed by atoms with Crippen molar-refractivity contribution in [3.05, 3.63) is 70.8 Å². The van der Waals surface area contributed by atoms with Crippen molar-refractivity contribution in [1.82, 2.24) is 0 Å². The lowest BCUT2D eigenvalue weighted by Crippen LogP contribution is -2.24. The summed E-state index contributed by atoms with van der Waals surface area (Å²) in [6.45, 7) is 6.00. The van der Waals surface area contributed by atoms with Gasteiger partial charge in [-0.2, -0.15) is 0 Å². The highest BCUT2D eigenvalue weighted by atomic mass is 16.3. The molecule has 1 heteroatoms. The SMILES string of the molecule is Cc1cccc(CC(C)(O)c2cccc(C)c2)c1. The zero-order valence-corrected chi connectivity index (χ0v) is 11.3. The lowest BCUT2D eigenvalue weighted by Gasteiger charge is -2.24. The highest BCUT2D eigenvalue weighted by Crippen LogP contribution is 2.26. The van der Waals surface area contributed by atoms with Gasteiger partial charge < -0.3 is 5.11 Å². The summed E-state index contributed by atoms with van der Waals surface area (Å²) < 4.78 is 0. The van der Waals surface area contributed by atoms with Crippen LogP contribution in [0.25, 0.3) is 0 Å². The van der Waals surface area contributed by atoms with E-state index in [0.29, 0.717) is 6.42 Å². The Kier molecular flexibility index (Phi) is 3.53. The Morgan fingerprint density at radius 1 is 0.944 bits per heavy atom. The van der Waals surface area contributed by atoms with Crippen LogP contribution >= 0.6 is 0 Å². The fourth-order valence-corrected chi connectivity index (χ4v) is 2.30. The predicted octanol–water partition coefficient (Wildman–Crippen LogP) is 3.75. The smallest absolute Gasteiger partial charge is 0.0908 e. The molecule has 2 aromatic carbocycles. The van der Waals surface area contributed by atoms with Crippen LogP contribution in [0, 0.1) is 13.8 Å². The Morgan fingerprint density at radius 3 is 2.17 bits per heavy atom. The summed E-state index contributed by atoms with van der Waals surface area (Å²) in [6, 6.07) is 16.4. The molecule has 0 aliphatic heterocycles. The second-order valence-corrected chi connectivity index (χ2v) is 5.31. The monoisotopic (exact) mass is 240 g/mol. The zero-order valence-electron chi connectivity index (χ0n) is 11.3. The van der Waals surface area contributed by atoms with Crippen LogP contribution in [0.4, 0.5) is 0 Å². The van der Waals surface area contributed by atoms with Crippen LogP contribution in [0.15, 0.2) is 48.5 Å². The van der Waals surface area contributed by atoms with Crippen LogP contribution in [0.3, 0.4) is 0 Å². The van der Waals surface area contributed by atoms with Gasteiger partial charge in [0.2, 0.25) is 0 Å². The molecule has 1 atom stereocenters. The van der Waals surface area contributed by atoms with E-state index in [1.165, 1.54) is 16.7 Å². The van der Waals surface area contributed by atoms with Gasteiger partial charge >= 0.3 is 0 Å². The molecule has 0 saturated carbocycles. The van der Waals surface area contributed by atoms with Gasteiger partial charge in [-0.25, -0.2) is 0 Å². The molecule has 0 bridgehead atoms. The highest BCUT2D eigenvalue weighted by molar-refractivity contribution is 5.30. The van der Waals surface area contributed by atoms with E-state index in [1.54, 1.807) is 0 Å². The van der Waals surface area contributed by atoms with Crippen molar-refractivity contribution in [2.75, 3.05) is 0 Å². The number of rotatable bonds is 3. The summed E-state index contributed by atoms with van der Waals surface area (Å²) >= 11 is 0. The van der Waals surface area contributed by atoms with E-state index in [4.69, 9.17) is 0 Å². The third-order valence-corrected chi connectivity index (χ3v) is 3.27. The van der Waals surface area contributed by atoms with E-state index in [-0.39, 0.29) is 0 Å². The maximum Gasteiger partial charge on any atom is 0.0908 e. The van der Waals surface area contributed by atoms with Crippen LogP contribution in [0.5, 0.6) is 0 Å². The van der Waals surface area contributed by atoms with Crippen LogP contribution in [-0.2, 0) is 12.0 Å². The summed E-state index contributed by atoms with van der Waals surface area (Å²) in [5.41, 5.74) is 3.73. The van der Waals surface area contributed by atoms with Crippen LogP contribution in [0.1, 0.15) is 29.2 Å². The van der Waals surface area contributed by atoms with E-state index in [9.17, 15) is 5.11 Å². The molecule has 0 amide bonds. The molecule has 1 N–H and O–H groups in total. The molecular formula is C17H20O. The zero-order chi connectivity index (χ0) is 13.2. The van der Waals surface area contributed by atoms with Gasteiger partial charge in [-0.05, 0) is 31.9 Å². The van der Waals surface area contributed by atoms with Crippen molar-refractivity contribution in [1.29, 1.82) is 0 Å². The van der Waals surface area contributed by atoms with Crippen molar-refractivity contribution >= 4 is 0 Å². The molecular weight excluding hydrogens is 220 g/mol. The number of aliphatic hydroxyl groups is 1. The third kappa shape index (κ3) is 2.99. The van der Waals surface area contributed by atoms with Crippen LogP contribution in [-0.4, -0.2) is 5.11 Å². The number of benzene rings is 2. The fraction of sp³-hybridized carbons (Fsp3) is 0.294. The third-order valence-electron chi connectivity index (χ3n) is 3.27. The largest absolute Gasteiger partial charge is 0.385 e. The van der Waals surface area contributed by atoms with Crippen molar-refractivity contribution < 1.29 is 5.11 Å². The molecule has 18 heavy (non-hydrogen) atoms. The molecule has 1 nitrogen and oxygen atoms in total. The normalized spacial score (nSPS) is 14.2. The predicted molar refractivity (Wildman–Crippen MR) is 75.6 cm³/mol. The maximum absolute atomic E-state index is 10.7. The Hall–Kier alpha value is -1.60. The average Bonchev–Trinajstić information content (AvgIpc) is 2.28.